The number of benzene rings is 1. The third-order valence-electron chi connectivity index (χ3n) is 4.17. The van der Waals surface area contributed by atoms with E-state index in [0.29, 0.717) is 17.9 Å². The van der Waals surface area contributed by atoms with Gasteiger partial charge in [0.25, 0.3) is 0 Å². The first-order valence-electron chi connectivity index (χ1n) is 6.37. The number of hydrogen-bond donors (Lipinski definition) is 2. The zero-order chi connectivity index (χ0) is 11.7. The third kappa shape index (κ3) is 1.95. The predicted molar refractivity (Wildman–Crippen MR) is 67.1 cm³/mol. The van der Waals surface area contributed by atoms with E-state index in [1.54, 1.807) is 0 Å². The Balaban J connectivity index is 1.66. The van der Waals surface area contributed by atoms with Crippen molar-refractivity contribution >= 4 is 5.71 Å². The van der Waals surface area contributed by atoms with Crippen LogP contribution in [0.3, 0.4) is 0 Å². The average Bonchev–Trinajstić information content (AvgIpc) is 2.97. The van der Waals surface area contributed by atoms with Crippen LogP contribution < -0.4 is 5.32 Å². The van der Waals surface area contributed by atoms with Gasteiger partial charge in [-0.3, -0.25) is 0 Å². The number of fused-ring (bicyclic) bond motifs is 2. The summed E-state index contributed by atoms with van der Waals surface area (Å²) in [4.78, 5) is 0. The van der Waals surface area contributed by atoms with E-state index in [0.717, 1.165) is 12.3 Å². The molecule has 0 unspecified atom stereocenters. The summed E-state index contributed by atoms with van der Waals surface area (Å²) in [6.45, 7) is 0.855. The minimum absolute atomic E-state index is 0.291. The van der Waals surface area contributed by atoms with Crippen LogP contribution in [0.1, 0.15) is 24.8 Å². The molecule has 0 spiro atoms. The summed E-state index contributed by atoms with van der Waals surface area (Å²) >= 11 is 0. The Bertz CT molecular complexity index is 415. The quantitative estimate of drug-likeness (QED) is 0.618. The first kappa shape index (κ1) is 10.8. The van der Waals surface area contributed by atoms with Crippen LogP contribution >= 0.6 is 0 Å². The van der Waals surface area contributed by atoms with E-state index in [9.17, 15) is 0 Å². The SMILES string of the molecule is O/N=C1\[C@H]2CC[C@H](C2)[C@@H]1NCc1ccccc1. The largest absolute Gasteiger partial charge is 0.411 e. The molecule has 0 heterocycles. The van der Waals surface area contributed by atoms with Crippen LogP contribution in [0.4, 0.5) is 0 Å². The van der Waals surface area contributed by atoms with Gasteiger partial charge in [0.1, 0.15) is 0 Å². The van der Waals surface area contributed by atoms with Crippen molar-refractivity contribution in [2.45, 2.75) is 31.8 Å². The zero-order valence-electron chi connectivity index (χ0n) is 9.84. The first-order chi connectivity index (χ1) is 8.38. The second-order valence-electron chi connectivity index (χ2n) is 5.14. The second kappa shape index (κ2) is 4.49. The molecule has 3 heteroatoms. The van der Waals surface area contributed by atoms with Crippen molar-refractivity contribution in [3.05, 3.63) is 35.9 Å². The molecule has 1 aromatic carbocycles. The van der Waals surface area contributed by atoms with E-state index in [-0.39, 0.29) is 0 Å². The van der Waals surface area contributed by atoms with Crippen LogP contribution in [0.2, 0.25) is 0 Å². The summed E-state index contributed by atoms with van der Waals surface area (Å²) in [5.41, 5.74) is 2.27. The molecule has 2 aliphatic carbocycles. The maximum atomic E-state index is 9.10. The molecule has 3 nitrogen and oxygen atoms in total. The summed E-state index contributed by atoms with van der Waals surface area (Å²) in [5.74, 6) is 1.20. The lowest BCUT2D eigenvalue weighted by Gasteiger charge is -2.23. The van der Waals surface area contributed by atoms with Gasteiger partial charge in [-0.25, -0.2) is 0 Å². The van der Waals surface area contributed by atoms with E-state index in [1.165, 1.54) is 24.8 Å². The summed E-state index contributed by atoms with van der Waals surface area (Å²) in [7, 11) is 0. The molecule has 3 rings (SSSR count). The number of oxime groups is 1. The van der Waals surface area contributed by atoms with Crippen molar-refractivity contribution in [1.29, 1.82) is 0 Å². The minimum Gasteiger partial charge on any atom is -0.411 e. The van der Waals surface area contributed by atoms with Crippen molar-refractivity contribution in [3.63, 3.8) is 0 Å². The van der Waals surface area contributed by atoms with Crippen molar-refractivity contribution in [2.24, 2.45) is 17.0 Å². The molecule has 90 valence electrons. The van der Waals surface area contributed by atoms with E-state index >= 15 is 0 Å². The second-order valence-corrected chi connectivity index (χ2v) is 5.14. The molecule has 0 amide bonds. The number of nitrogens with zero attached hydrogens (tertiary/aromatic N) is 1. The molecular weight excluding hydrogens is 212 g/mol. The van der Waals surface area contributed by atoms with E-state index < -0.39 is 0 Å². The Morgan fingerprint density at radius 1 is 1.24 bits per heavy atom. The molecule has 0 aromatic heterocycles. The molecule has 2 aliphatic rings. The van der Waals surface area contributed by atoms with Gasteiger partial charge < -0.3 is 10.5 Å². The monoisotopic (exact) mass is 230 g/mol. The molecule has 3 atom stereocenters. The Morgan fingerprint density at radius 2 is 2.06 bits per heavy atom. The zero-order valence-corrected chi connectivity index (χ0v) is 9.84. The van der Waals surface area contributed by atoms with Gasteiger partial charge in [-0.2, -0.15) is 0 Å². The van der Waals surface area contributed by atoms with Crippen molar-refractivity contribution < 1.29 is 5.21 Å². The van der Waals surface area contributed by atoms with E-state index in [2.05, 4.69) is 34.7 Å². The van der Waals surface area contributed by atoms with Gasteiger partial charge in [0.2, 0.25) is 0 Å². The average molecular weight is 230 g/mol. The van der Waals surface area contributed by atoms with Gasteiger partial charge in [0.15, 0.2) is 0 Å². The molecule has 2 N–H and O–H groups in total. The number of nitrogens with one attached hydrogen (secondary N) is 1. The van der Waals surface area contributed by atoms with Gasteiger partial charge in [-0.15, -0.1) is 0 Å². The first-order valence-corrected chi connectivity index (χ1v) is 6.37. The molecule has 0 aliphatic heterocycles. The van der Waals surface area contributed by atoms with E-state index in [4.69, 9.17) is 5.21 Å². The van der Waals surface area contributed by atoms with Crippen LogP contribution in [-0.4, -0.2) is 17.0 Å². The highest BCUT2D eigenvalue weighted by atomic mass is 16.4. The normalized spacial score (nSPS) is 33.4. The molecule has 0 saturated heterocycles. The van der Waals surface area contributed by atoms with Crippen molar-refractivity contribution in [1.82, 2.24) is 5.32 Å². The summed E-state index contributed by atoms with van der Waals surface area (Å²) < 4.78 is 0. The molecule has 2 bridgehead atoms. The third-order valence-corrected chi connectivity index (χ3v) is 4.17. The van der Waals surface area contributed by atoms with Crippen molar-refractivity contribution in [3.8, 4) is 0 Å². The predicted octanol–water partition coefficient (Wildman–Crippen LogP) is 2.40. The standard InChI is InChI=1S/C14H18N2O/c17-16-14-12-7-6-11(8-12)13(14)15-9-10-4-2-1-3-5-10/h1-5,11-13,15,17H,6-9H2/b16-14+/t11-,12+,13+/m1/s1. The fraction of sp³-hybridized carbons (Fsp3) is 0.500. The highest BCUT2D eigenvalue weighted by molar-refractivity contribution is 5.94. The Kier molecular flexibility index (Phi) is 2.85. The fourth-order valence-corrected chi connectivity index (χ4v) is 3.32. The topological polar surface area (TPSA) is 44.6 Å². The number of rotatable bonds is 3. The smallest absolute Gasteiger partial charge is 0.0773 e. The van der Waals surface area contributed by atoms with Crippen LogP contribution in [0.5, 0.6) is 0 Å². The lowest BCUT2D eigenvalue weighted by Crippen LogP contribution is -2.40. The molecule has 2 saturated carbocycles. The highest BCUT2D eigenvalue weighted by Gasteiger charge is 2.45. The van der Waals surface area contributed by atoms with Gasteiger partial charge in [0.05, 0.1) is 11.8 Å². The Hall–Kier alpha value is -1.35. The highest BCUT2D eigenvalue weighted by Crippen LogP contribution is 2.42. The van der Waals surface area contributed by atoms with Gasteiger partial charge in [0, 0.05) is 12.5 Å². The maximum absolute atomic E-state index is 9.10. The molecule has 0 radical (unpaired) electrons. The van der Waals surface area contributed by atoms with Gasteiger partial charge in [-0.1, -0.05) is 35.5 Å². The summed E-state index contributed by atoms with van der Waals surface area (Å²) in [5, 5.41) is 16.2. The fourth-order valence-electron chi connectivity index (χ4n) is 3.32. The minimum atomic E-state index is 0.291. The van der Waals surface area contributed by atoms with Crippen LogP contribution in [0.15, 0.2) is 35.5 Å². The molecular formula is C14H18N2O. The lowest BCUT2D eigenvalue weighted by molar-refractivity contribution is 0.309. The molecule has 1 aromatic rings. The number of hydrogen-bond acceptors (Lipinski definition) is 3. The molecule has 2 fully saturated rings. The lowest BCUT2D eigenvalue weighted by atomic mass is 9.93. The van der Waals surface area contributed by atoms with Gasteiger partial charge in [-0.05, 0) is 30.7 Å². The van der Waals surface area contributed by atoms with Crippen molar-refractivity contribution in [2.75, 3.05) is 0 Å². The van der Waals surface area contributed by atoms with Gasteiger partial charge >= 0.3 is 0 Å². The molecule has 17 heavy (non-hydrogen) atoms. The van der Waals surface area contributed by atoms with Crippen LogP contribution in [-0.2, 0) is 6.54 Å². The van der Waals surface area contributed by atoms with Crippen LogP contribution in [0.25, 0.3) is 0 Å². The van der Waals surface area contributed by atoms with E-state index in [1.807, 2.05) is 6.07 Å². The maximum Gasteiger partial charge on any atom is 0.0773 e. The Labute approximate surface area is 102 Å². The summed E-state index contributed by atoms with van der Waals surface area (Å²) in [6, 6.07) is 10.7. The Morgan fingerprint density at radius 3 is 2.82 bits per heavy atom. The van der Waals surface area contributed by atoms with Crippen LogP contribution in [0, 0.1) is 11.8 Å². The summed E-state index contributed by atoms with van der Waals surface area (Å²) in [6.07, 6.45) is 3.68.